The summed E-state index contributed by atoms with van der Waals surface area (Å²) in [5.41, 5.74) is 0. The minimum atomic E-state index is -0.320. The van der Waals surface area contributed by atoms with E-state index in [1.807, 2.05) is 30.3 Å². The fraction of sp³-hybridized carbons (Fsp3) is 0.353. The van der Waals surface area contributed by atoms with Gasteiger partial charge < -0.3 is 19.5 Å². The van der Waals surface area contributed by atoms with E-state index in [0.29, 0.717) is 31.0 Å². The molecule has 1 aromatic heterocycles. The van der Waals surface area contributed by atoms with Crippen LogP contribution >= 0.6 is 0 Å². The smallest absolute Gasteiger partial charge is 0.245 e. The van der Waals surface area contributed by atoms with Gasteiger partial charge in [0.15, 0.2) is 5.82 Å². The van der Waals surface area contributed by atoms with Gasteiger partial charge in [0.1, 0.15) is 11.5 Å². The number of hydrogen-bond donors (Lipinski definition) is 1. The third-order valence-electron chi connectivity index (χ3n) is 3.25. The van der Waals surface area contributed by atoms with Crippen molar-refractivity contribution < 1.29 is 18.8 Å². The number of anilines is 1. The first-order valence-electron chi connectivity index (χ1n) is 7.69. The summed E-state index contributed by atoms with van der Waals surface area (Å²) in [5, 5.41) is 6.25. The summed E-state index contributed by atoms with van der Waals surface area (Å²) in [6.45, 7) is 2.15. The molecular formula is C17H21N3O4. The fourth-order valence-corrected chi connectivity index (χ4v) is 2.03. The average Bonchev–Trinajstić information content (AvgIpc) is 2.97. The molecule has 0 unspecified atom stereocenters. The molecule has 0 spiro atoms. The van der Waals surface area contributed by atoms with Gasteiger partial charge in [-0.1, -0.05) is 23.4 Å². The van der Waals surface area contributed by atoms with Crippen molar-refractivity contribution >= 4 is 17.6 Å². The monoisotopic (exact) mass is 331 g/mol. The van der Waals surface area contributed by atoms with E-state index >= 15 is 0 Å². The van der Waals surface area contributed by atoms with Crippen LogP contribution in [0.3, 0.4) is 0 Å². The van der Waals surface area contributed by atoms with E-state index in [2.05, 4.69) is 10.5 Å². The highest BCUT2D eigenvalue weighted by molar-refractivity contribution is 5.93. The summed E-state index contributed by atoms with van der Waals surface area (Å²) in [7, 11) is 1.59. The maximum Gasteiger partial charge on any atom is 0.245 e. The van der Waals surface area contributed by atoms with Gasteiger partial charge in [-0.05, 0) is 25.5 Å². The molecule has 1 heterocycles. The minimum absolute atomic E-state index is 0.0374. The number of aryl methyl sites for hydroxylation is 1. The highest BCUT2D eigenvalue weighted by atomic mass is 16.5. The van der Waals surface area contributed by atoms with Crippen LogP contribution in [-0.2, 0) is 9.59 Å². The number of ether oxygens (including phenoxy) is 1. The SMILES string of the molecule is Cc1cc(NC(=O)CN(C)C(=O)CCCOc2ccccc2)no1. The first-order chi connectivity index (χ1) is 11.5. The molecule has 2 rings (SSSR count). The van der Waals surface area contributed by atoms with Crippen LogP contribution in [-0.4, -0.2) is 42.1 Å². The second-order valence-corrected chi connectivity index (χ2v) is 5.39. The Morgan fingerprint density at radius 2 is 2.04 bits per heavy atom. The molecule has 24 heavy (non-hydrogen) atoms. The Morgan fingerprint density at radius 1 is 1.29 bits per heavy atom. The molecule has 0 radical (unpaired) electrons. The number of rotatable bonds is 8. The number of aromatic nitrogens is 1. The van der Waals surface area contributed by atoms with Crippen molar-refractivity contribution in [2.75, 3.05) is 25.5 Å². The van der Waals surface area contributed by atoms with Gasteiger partial charge in [0.05, 0.1) is 13.2 Å². The number of hydrogen-bond acceptors (Lipinski definition) is 5. The predicted molar refractivity (Wildman–Crippen MR) is 88.7 cm³/mol. The van der Waals surface area contributed by atoms with Gasteiger partial charge in [-0.2, -0.15) is 0 Å². The highest BCUT2D eigenvalue weighted by Crippen LogP contribution is 2.09. The second-order valence-electron chi connectivity index (χ2n) is 5.39. The number of benzene rings is 1. The van der Waals surface area contributed by atoms with Gasteiger partial charge in [-0.3, -0.25) is 9.59 Å². The number of nitrogens with one attached hydrogen (secondary N) is 1. The number of nitrogens with zero attached hydrogens (tertiary/aromatic N) is 2. The third kappa shape index (κ3) is 5.75. The Hall–Kier alpha value is -2.83. The Bertz CT molecular complexity index is 669. The summed E-state index contributed by atoms with van der Waals surface area (Å²) in [4.78, 5) is 25.2. The molecule has 2 aromatic rings. The van der Waals surface area contributed by atoms with Crippen LogP contribution in [0.25, 0.3) is 0 Å². The van der Waals surface area contributed by atoms with Gasteiger partial charge in [-0.15, -0.1) is 0 Å². The number of amides is 2. The van der Waals surface area contributed by atoms with Crippen molar-refractivity contribution in [1.82, 2.24) is 10.1 Å². The molecule has 1 N–H and O–H groups in total. The molecule has 0 aliphatic rings. The zero-order valence-electron chi connectivity index (χ0n) is 13.8. The first kappa shape index (κ1) is 17.5. The molecule has 0 fully saturated rings. The van der Waals surface area contributed by atoms with Crippen molar-refractivity contribution in [3.05, 3.63) is 42.2 Å². The van der Waals surface area contributed by atoms with Crippen LogP contribution in [0.15, 0.2) is 40.9 Å². The van der Waals surface area contributed by atoms with Crippen molar-refractivity contribution in [3.63, 3.8) is 0 Å². The number of para-hydroxylation sites is 1. The van der Waals surface area contributed by atoms with Crippen molar-refractivity contribution in [2.24, 2.45) is 0 Å². The largest absolute Gasteiger partial charge is 0.494 e. The standard InChI is InChI=1S/C17H21N3O4/c1-13-11-15(19-24-13)18-16(21)12-20(2)17(22)9-6-10-23-14-7-4-3-5-8-14/h3-5,7-8,11H,6,9-10,12H2,1-2H3,(H,18,19,21). The van der Waals surface area contributed by atoms with Crippen molar-refractivity contribution in [2.45, 2.75) is 19.8 Å². The van der Waals surface area contributed by atoms with Crippen LogP contribution in [0.1, 0.15) is 18.6 Å². The second kappa shape index (κ2) is 8.71. The Balaban J connectivity index is 1.65. The van der Waals surface area contributed by atoms with Crippen LogP contribution in [0, 0.1) is 6.92 Å². The molecule has 7 nitrogen and oxygen atoms in total. The highest BCUT2D eigenvalue weighted by Gasteiger charge is 2.14. The summed E-state index contributed by atoms with van der Waals surface area (Å²) >= 11 is 0. The number of carbonyl (C=O) groups is 2. The molecule has 0 atom stereocenters. The molecule has 0 aliphatic heterocycles. The van der Waals surface area contributed by atoms with E-state index in [1.54, 1.807) is 20.0 Å². The van der Waals surface area contributed by atoms with Crippen molar-refractivity contribution in [3.8, 4) is 5.75 Å². The molecule has 1 aromatic carbocycles. The quantitative estimate of drug-likeness (QED) is 0.750. The van der Waals surface area contributed by atoms with Crippen molar-refractivity contribution in [1.29, 1.82) is 0 Å². The number of carbonyl (C=O) groups excluding carboxylic acids is 2. The molecule has 2 amide bonds. The molecular weight excluding hydrogens is 310 g/mol. The Labute approximate surface area is 140 Å². The lowest BCUT2D eigenvalue weighted by atomic mass is 10.3. The summed E-state index contributed by atoms with van der Waals surface area (Å²) in [6, 6.07) is 11.0. The lowest BCUT2D eigenvalue weighted by Gasteiger charge is -2.16. The van der Waals surface area contributed by atoms with Gasteiger partial charge in [0.25, 0.3) is 0 Å². The van der Waals surface area contributed by atoms with E-state index in [9.17, 15) is 9.59 Å². The maximum absolute atomic E-state index is 12.0. The number of likely N-dealkylation sites (N-methyl/N-ethyl adjacent to an activating group) is 1. The minimum Gasteiger partial charge on any atom is -0.494 e. The fourth-order valence-electron chi connectivity index (χ4n) is 2.03. The zero-order valence-corrected chi connectivity index (χ0v) is 13.8. The molecule has 0 aliphatic carbocycles. The van der Waals surface area contributed by atoms with Gasteiger partial charge in [0.2, 0.25) is 11.8 Å². The summed E-state index contributed by atoms with van der Waals surface area (Å²) in [5.74, 6) is 1.29. The maximum atomic E-state index is 12.0. The first-order valence-corrected chi connectivity index (χ1v) is 7.69. The Morgan fingerprint density at radius 3 is 2.71 bits per heavy atom. The topological polar surface area (TPSA) is 84.7 Å². The Kier molecular flexibility index (Phi) is 6.36. The predicted octanol–water partition coefficient (Wildman–Crippen LogP) is 2.24. The normalized spacial score (nSPS) is 10.2. The summed E-state index contributed by atoms with van der Waals surface area (Å²) < 4.78 is 10.4. The van der Waals surface area contributed by atoms with Gasteiger partial charge in [-0.25, -0.2) is 0 Å². The van der Waals surface area contributed by atoms with E-state index in [1.165, 1.54) is 4.90 Å². The zero-order chi connectivity index (χ0) is 17.4. The lowest BCUT2D eigenvalue weighted by Crippen LogP contribution is -2.35. The van der Waals surface area contributed by atoms with Crippen LogP contribution in [0.4, 0.5) is 5.82 Å². The van der Waals surface area contributed by atoms with E-state index in [4.69, 9.17) is 9.26 Å². The molecule has 0 saturated heterocycles. The van der Waals surface area contributed by atoms with Gasteiger partial charge >= 0.3 is 0 Å². The molecule has 0 bridgehead atoms. The van der Waals surface area contributed by atoms with Crippen LogP contribution < -0.4 is 10.1 Å². The molecule has 7 heteroatoms. The van der Waals surface area contributed by atoms with E-state index in [0.717, 1.165) is 5.75 Å². The van der Waals surface area contributed by atoms with Gasteiger partial charge in [0, 0.05) is 19.5 Å². The lowest BCUT2D eigenvalue weighted by molar-refractivity contribution is -0.133. The summed E-state index contributed by atoms with van der Waals surface area (Å²) in [6.07, 6.45) is 0.905. The average molecular weight is 331 g/mol. The van der Waals surface area contributed by atoms with Crippen LogP contribution in [0.5, 0.6) is 5.75 Å². The van der Waals surface area contributed by atoms with E-state index in [-0.39, 0.29) is 18.4 Å². The van der Waals surface area contributed by atoms with Crippen LogP contribution in [0.2, 0.25) is 0 Å². The molecule has 0 saturated carbocycles. The third-order valence-corrected chi connectivity index (χ3v) is 3.25. The van der Waals surface area contributed by atoms with E-state index < -0.39 is 0 Å². The molecule has 128 valence electrons.